The van der Waals surface area contributed by atoms with Gasteiger partial charge in [-0.2, -0.15) is 0 Å². The van der Waals surface area contributed by atoms with Crippen molar-refractivity contribution in [3.8, 4) is 11.5 Å². The third-order valence-electron chi connectivity index (χ3n) is 3.71. The molecule has 0 aliphatic rings. The summed E-state index contributed by atoms with van der Waals surface area (Å²) in [6, 6.07) is 7.39. The van der Waals surface area contributed by atoms with Crippen molar-refractivity contribution in [2.75, 3.05) is 18.5 Å². The van der Waals surface area contributed by atoms with Crippen molar-refractivity contribution in [1.29, 1.82) is 5.41 Å². The topological polar surface area (TPSA) is 120 Å². The first-order chi connectivity index (χ1) is 12.9. The Balaban J connectivity index is 0.00000392. The van der Waals surface area contributed by atoms with E-state index in [1.165, 1.54) is 12.1 Å². The highest BCUT2D eigenvalue weighted by atomic mass is 35.5. The summed E-state index contributed by atoms with van der Waals surface area (Å²) in [6.07, 6.45) is 0. The van der Waals surface area contributed by atoms with Crippen LogP contribution in [0.1, 0.15) is 31.0 Å². The summed E-state index contributed by atoms with van der Waals surface area (Å²) < 4.78 is 25.4. The number of nitrogens with one attached hydrogen (secondary N) is 2. The number of aliphatic carboxylic acids is 1. The van der Waals surface area contributed by atoms with Crippen molar-refractivity contribution in [2.45, 2.75) is 19.9 Å². The van der Waals surface area contributed by atoms with E-state index in [0.29, 0.717) is 17.9 Å². The van der Waals surface area contributed by atoms with Gasteiger partial charge in [-0.1, -0.05) is 0 Å². The fourth-order valence-corrected chi connectivity index (χ4v) is 2.49. The molecule has 0 radical (unpaired) electrons. The number of nitrogens with two attached hydrogens (primary N) is 1. The third-order valence-corrected chi connectivity index (χ3v) is 3.71. The van der Waals surface area contributed by atoms with Gasteiger partial charge in [0, 0.05) is 22.9 Å². The van der Waals surface area contributed by atoms with Gasteiger partial charge >= 0.3 is 0 Å². The average Bonchev–Trinajstić information content (AvgIpc) is 2.63. The molecule has 7 nitrogen and oxygen atoms in total. The molecule has 0 aliphatic carbocycles. The summed E-state index contributed by atoms with van der Waals surface area (Å²) in [5.41, 5.74) is 6.11. The summed E-state index contributed by atoms with van der Waals surface area (Å²) in [6.45, 7) is 3.99. The van der Waals surface area contributed by atoms with Gasteiger partial charge in [-0.15, -0.1) is 12.4 Å². The van der Waals surface area contributed by atoms with E-state index in [1.807, 2.05) is 0 Å². The molecule has 0 saturated carbocycles. The van der Waals surface area contributed by atoms with Gasteiger partial charge in [0.1, 0.15) is 11.6 Å². The van der Waals surface area contributed by atoms with Crippen LogP contribution in [0.5, 0.6) is 11.5 Å². The molecule has 0 aliphatic heterocycles. The molecule has 0 fully saturated rings. The van der Waals surface area contributed by atoms with Crippen molar-refractivity contribution in [3.05, 3.63) is 53.3 Å². The third kappa shape index (κ3) is 5.50. The number of ether oxygens (including phenoxy) is 2. The first-order valence-electron chi connectivity index (χ1n) is 8.38. The number of nitrogen functional groups attached to an aromatic ring is 1. The summed E-state index contributed by atoms with van der Waals surface area (Å²) in [7, 11) is 0. The summed E-state index contributed by atoms with van der Waals surface area (Å²) in [4.78, 5) is 11.7. The maximum atomic E-state index is 14.8. The fourth-order valence-electron chi connectivity index (χ4n) is 2.49. The van der Waals surface area contributed by atoms with Gasteiger partial charge in [0.25, 0.3) is 0 Å². The van der Waals surface area contributed by atoms with Crippen LogP contribution in [0.3, 0.4) is 0 Å². The largest absolute Gasteiger partial charge is 0.548 e. The number of hydrogen-bond donors (Lipinski definition) is 3. The van der Waals surface area contributed by atoms with Gasteiger partial charge in [0.15, 0.2) is 11.6 Å². The van der Waals surface area contributed by atoms with Crippen molar-refractivity contribution >= 4 is 29.9 Å². The number of benzene rings is 2. The highest BCUT2D eigenvalue weighted by Gasteiger charge is 2.22. The minimum Gasteiger partial charge on any atom is -0.548 e. The highest BCUT2D eigenvalue weighted by Crippen LogP contribution is 2.33. The lowest BCUT2D eigenvalue weighted by Crippen LogP contribution is -2.35. The zero-order valence-electron chi connectivity index (χ0n) is 15.5. The number of anilines is 1. The summed E-state index contributed by atoms with van der Waals surface area (Å²) >= 11 is 0. The lowest BCUT2D eigenvalue weighted by molar-refractivity contribution is -0.307. The maximum Gasteiger partial charge on any atom is 0.170 e. The minimum absolute atomic E-state index is 0. The Hall–Kier alpha value is -3.00. The van der Waals surface area contributed by atoms with Gasteiger partial charge in [-0.25, -0.2) is 4.39 Å². The van der Waals surface area contributed by atoms with E-state index >= 15 is 0 Å². The SMILES string of the molecule is CCOc1cc(OCC)c(F)c(C(Nc2ccc(C(=N)N)cc2)C(=O)[O-])c1.Cl. The molecule has 1 atom stereocenters. The zero-order chi connectivity index (χ0) is 20.0. The van der Waals surface area contributed by atoms with Crippen LogP contribution in [0.2, 0.25) is 0 Å². The standard InChI is InChI=1S/C19H22FN3O4.ClH/c1-3-26-13-9-14(16(20)15(10-13)27-4-2)17(19(24)25)23-12-7-5-11(6-8-12)18(21)22;/h5-10,17,23H,3-4H2,1-2H3,(H3,21,22)(H,24,25);1H/p-1. The second kappa shape index (κ2) is 10.4. The van der Waals surface area contributed by atoms with Crippen LogP contribution in [-0.4, -0.2) is 25.0 Å². The number of halogens is 2. The molecular weight excluding hydrogens is 389 g/mol. The van der Waals surface area contributed by atoms with Gasteiger partial charge in [-0.05, 0) is 44.2 Å². The van der Waals surface area contributed by atoms with E-state index in [2.05, 4.69) is 5.32 Å². The zero-order valence-corrected chi connectivity index (χ0v) is 16.3. The van der Waals surface area contributed by atoms with E-state index < -0.39 is 17.8 Å². The number of carbonyl (C=O) groups excluding carboxylic acids is 1. The van der Waals surface area contributed by atoms with Gasteiger partial charge in [0.2, 0.25) is 0 Å². The van der Waals surface area contributed by atoms with E-state index in [4.69, 9.17) is 20.6 Å². The van der Waals surface area contributed by atoms with Crippen LogP contribution in [0.25, 0.3) is 0 Å². The lowest BCUT2D eigenvalue weighted by Gasteiger charge is -2.23. The maximum absolute atomic E-state index is 14.8. The normalized spacial score (nSPS) is 11.1. The van der Waals surface area contributed by atoms with Crippen LogP contribution in [0.4, 0.5) is 10.1 Å². The summed E-state index contributed by atoms with van der Waals surface area (Å²) in [5, 5.41) is 21.8. The van der Waals surface area contributed by atoms with Crippen LogP contribution >= 0.6 is 12.4 Å². The van der Waals surface area contributed by atoms with Crippen molar-refractivity contribution in [2.24, 2.45) is 5.73 Å². The lowest BCUT2D eigenvalue weighted by atomic mass is 10.0. The first-order valence-corrected chi connectivity index (χ1v) is 8.38. The van der Waals surface area contributed by atoms with Crippen LogP contribution < -0.4 is 25.6 Å². The molecule has 28 heavy (non-hydrogen) atoms. The van der Waals surface area contributed by atoms with Crippen molar-refractivity contribution in [1.82, 2.24) is 0 Å². The average molecular weight is 411 g/mol. The summed E-state index contributed by atoms with van der Waals surface area (Å²) in [5.74, 6) is -2.24. The molecule has 152 valence electrons. The number of carbonyl (C=O) groups is 1. The number of rotatable bonds is 9. The molecular formula is C19H22ClFN3O4-. The molecule has 0 spiro atoms. The fraction of sp³-hybridized carbons (Fsp3) is 0.263. The van der Waals surface area contributed by atoms with Crippen LogP contribution in [0.15, 0.2) is 36.4 Å². The van der Waals surface area contributed by atoms with Crippen molar-refractivity contribution < 1.29 is 23.8 Å². The smallest absolute Gasteiger partial charge is 0.170 e. The quantitative estimate of drug-likeness (QED) is 0.430. The second-order valence-electron chi connectivity index (χ2n) is 5.58. The predicted octanol–water partition coefficient (Wildman–Crippen LogP) is 2.23. The van der Waals surface area contributed by atoms with Crippen LogP contribution in [0, 0.1) is 11.2 Å². The molecule has 4 N–H and O–H groups in total. The molecule has 2 aromatic carbocycles. The molecule has 0 saturated heterocycles. The van der Waals surface area contributed by atoms with E-state index in [-0.39, 0.29) is 41.9 Å². The highest BCUT2D eigenvalue weighted by molar-refractivity contribution is 5.95. The number of carboxylic acid groups (broad SMARTS) is 1. The molecule has 9 heteroatoms. The van der Waals surface area contributed by atoms with Gasteiger partial charge < -0.3 is 30.4 Å². The minimum atomic E-state index is -1.51. The van der Waals surface area contributed by atoms with E-state index in [0.717, 1.165) is 0 Å². The molecule has 2 rings (SSSR count). The molecule has 0 aromatic heterocycles. The molecule has 2 aromatic rings. The first kappa shape index (κ1) is 23.0. The Morgan fingerprint density at radius 1 is 1.21 bits per heavy atom. The number of hydrogen-bond acceptors (Lipinski definition) is 6. The molecule has 0 heterocycles. The Labute approximate surface area is 168 Å². The molecule has 1 unspecified atom stereocenters. The predicted molar refractivity (Wildman–Crippen MR) is 105 cm³/mol. The van der Waals surface area contributed by atoms with E-state index in [1.54, 1.807) is 38.1 Å². The van der Waals surface area contributed by atoms with Gasteiger partial charge in [-0.3, -0.25) is 5.41 Å². The van der Waals surface area contributed by atoms with Crippen molar-refractivity contribution in [3.63, 3.8) is 0 Å². The van der Waals surface area contributed by atoms with E-state index in [9.17, 15) is 14.3 Å². The Bertz CT molecular complexity index is 831. The molecule has 0 bridgehead atoms. The second-order valence-corrected chi connectivity index (χ2v) is 5.58. The van der Waals surface area contributed by atoms with Gasteiger partial charge in [0.05, 0.1) is 25.2 Å². The molecule has 0 amide bonds. The Kier molecular flexibility index (Phi) is 8.53. The Morgan fingerprint density at radius 2 is 1.82 bits per heavy atom. The monoisotopic (exact) mass is 410 g/mol. The number of amidine groups is 1. The van der Waals surface area contributed by atoms with Crippen LogP contribution in [-0.2, 0) is 4.79 Å². The number of carboxylic acids is 1. The Morgan fingerprint density at radius 3 is 2.32 bits per heavy atom.